The van der Waals surface area contributed by atoms with Crippen molar-refractivity contribution in [2.75, 3.05) is 26.3 Å². The molecule has 0 radical (unpaired) electrons. The minimum atomic E-state index is -0.650. The number of likely N-dealkylation sites (tertiary alicyclic amines) is 2. The number of hydrogen-bond acceptors (Lipinski definition) is 8. The van der Waals surface area contributed by atoms with Gasteiger partial charge >= 0.3 is 0 Å². The van der Waals surface area contributed by atoms with Gasteiger partial charge < -0.3 is 29.9 Å². The molecule has 0 aromatic heterocycles. The second kappa shape index (κ2) is 19.4. The van der Waals surface area contributed by atoms with Crippen LogP contribution in [0, 0.1) is 10.8 Å². The summed E-state index contributed by atoms with van der Waals surface area (Å²) in [7, 11) is 0. The van der Waals surface area contributed by atoms with E-state index >= 15 is 0 Å². The predicted octanol–water partition coefficient (Wildman–Crippen LogP) is 4.61. The second-order valence-electron chi connectivity index (χ2n) is 18.3. The van der Waals surface area contributed by atoms with Crippen molar-refractivity contribution in [3.8, 4) is 0 Å². The summed E-state index contributed by atoms with van der Waals surface area (Å²) in [6.07, 6.45) is 5.01. The highest BCUT2D eigenvalue weighted by molar-refractivity contribution is 5.96. The Hall–Kier alpha value is -4.42. The third-order valence-electron chi connectivity index (χ3n) is 10.8. The topological polar surface area (TPSA) is 151 Å². The molecule has 2 aromatic rings. The van der Waals surface area contributed by atoms with Crippen LogP contribution in [0.4, 0.5) is 0 Å². The molecule has 12 heteroatoms. The van der Waals surface area contributed by atoms with E-state index in [2.05, 4.69) is 10.6 Å². The van der Waals surface area contributed by atoms with Crippen molar-refractivity contribution < 1.29 is 38.2 Å². The maximum Gasteiger partial charge on any atom is 0.245 e. The smallest absolute Gasteiger partial charge is 0.245 e. The van der Waals surface area contributed by atoms with Gasteiger partial charge in [0.1, 0.15) is 37.4 Å². The Labute approximate surface area is 337 Å². The number of ketones is 2. The number of rotatable bonds is 11. The van der Waals surface area contributed by atoms with Crippen LogP contribution in [-0.2, 0) is 51.1 Å². The van der Waals surface area contributed by atoms with Crippen LogP contribution in [0.3, 0.4) is 0 Å². The number of aryl methyl sites for hydroxylation is 1. The highest BCUT2D eigenvalue weighted by Gasteiger charge is 2.47. The Kier molecular flexibility index (Phi) is 14.8. The van der Waals surface area contributed by atoms with Gasteiger partial charge in [0.05, 0.1) is 18.6 Å². The van der Waals surface area contributed by atoms with Gasteiger partial charge in [-0.2, -0.15) is 0 Å². The number of piperidine rings is 2. The average Bonchev–Trinajstić information content (AvgIpc) is 3.74. The molecule has 4 heterocycles. The van der Waals surface area contributed by atoms with E-state index in [1.54, 1.807) is 9.80 Å². The second-order valence-corrected chi connectivity index (χ2v) is 18.3. The van der Waals surface area contributed by atoms with Crippen molar-refractivity contribution in [2.45, 2.75) is 136 Å². The molecule has 0 spiro atoms. The van der Waals surface area contributed by atoms with Crippen LogP contribution in [0.15, 0.2) is 60.7 Å². The van der Waals surface area contributed by atoms with Crippen LogP contribution in [0.5, 0.6) is 0 Å². The summed E-state index contributed by atoms with van der Waals surface area (Å²) in [6.45, 7) is 13.5. The zero-order valence-corrected chi connectivity index (χ0v) is 34.6. The molecule has 310 valence electrons. The number of nitrogens with zero attached hydrogens (tertiary/aromatic N) is 2. The summed E-state index contributed by atoms with van der Waals surface area (Å²) < 4.78 is 11.1. The number of hydrogen-bond donors (Lipinski definition) is 2. The summed E-state index contributed by atoms with van der Waals surface area (Å²) in [5.74, 6) is -0.738. The summed E-state index contributed by atoms with van der Waals surface area (Å²) in [5, 5.41) is 5.88. The maximum atomic E-state index is 13.4. The third-order valence-corrected chi connectivity index (χ3v) is 10.8. The van der Waals surface area contributed by atoms with Crippen LogP contribution in [0.1, 0.15) is 97.6 Å². The lowest BCUT2D eigenvalue weighted by Crippen LogP contribution is -2.58. The van der Waals surface area contributed by atoms with Crippen molar-refractivity contribution in [1.82, 2.24) is 20.4 Å². The number of benzene rings is 2. The van der Waals surface area contributed by atoms with E-state index in [1.807, 2.05) is 102 Å². The minimum absolute atomic E-state index is 0.0343. The summed E-state index contributed by atoms with van der Waals surface area (Å²) in [6, 6.07) is 17.0. The number of carbonyl (C=O) groups is 6. The lowest BCUT2D eigenvalue weighted by atomic mass is 9.86. The van der Waals surface area contributed by atoms with Crippen LogP contribution >= 0.6 is 0 Å². The van der Waals surface area contributed by atoms with E-state index < -0.39 is 24.2 Å². The van der Waals surface area contributed by atoms with E-state index in [1.165, 1.54) is 0 Å². The number of amides is 4. The fourth-order valence-electron chi connectivity index (χ4n) is 8.30. The van der Waals surface area contributed by atoms with Crippen molar-refractivity contribution in [1.29, 1.82) is 0 Å². The van der Waals surface area contributed by atoms with Crippen molar-refractivity contribution in [2.24, 2.45) is 10.8 Å². The molecular formula is C45H62N4O8. The molecule has 6 atom stereocenters. The molecule has 0 bridgehead atoms. The number of Topliss-reactive ketones (excluding diaryl/α,β-unsaturated/α-hetero) is 2. The molecule has 2 aromatic carbocycles. The van der Waals surface area contributed by atoms with Gasteiger partial charge in [0, 0.05) is 19.5 Å². The molecule has 6 rings (SSSR count). The molecule has 0 aliphatic carbocycles. The van der Waals surface area contributed by atoms with E-state index in [9.17, 15) is 28.8 Å². The quantitative estimate of drug-likeness (QED) is 0.336. The summed E-state index contributed by atoms with van der Waals surface area (Å²) in [5.41, 5.74) is 1.71. The molecule has 4 fully saturated rings. The number of carbonyl (C=O) groups excluding carboxylic acids is 6. The first-order valence-electron chi connectivity index (χ1n) is 20.6. The molecule has 12 nitrogen and oxygen atoms in total. The fraction of sp³-hybridized carbons (Fsp3) is 0.600. The van der Waals surface area contributed by atoms with Gasteiger partial charge in [-0.15, -0.1) is 0 Å². The Morgan fingerprint density at radius 3 is 1.51 bits per heavy atom. The summed E-state index contributed by atoms with van der Waals surface area (Å²) >= 11 is 0. The Morgan fingerprint density at radius 2 is 1.07 bits per heavy atom. The molecule has 6 unspecified atom stereocenters. The first-order valence-corrected chi connectivity index (χ1v) is 20.6. The lowest BCUT2D eigenvalue weighted by molar-refractivity contribution is -0.144. The van der Waals surface area contributed by atoms with Gasteiger partial charge in [0.15, 0.2) is 11.6 Å². The number of nitrogens with one attached hydrogen (secondary N) is 2. The molecule has 4 amide bonds. The van der Waals surface area contributed by atoms with Crippen LogP contribution in [0.25, 0.3) is 0 Å². The molecule has 4 aliphatic rings. The third kappa shape index (κ3) is 12.5. The largest absolute Gasteiger partial charge is 0.368 e. The molecule has 4 saturated heterocycles. The van der Waals surface area contributed by atoms with E-state index in [0.717, 1.165) is 36.8 Å². The van der Waals surface area contributed by atoms with Crippen LogP contribution in [-0.4, -0.2) is 108 Å². The van der Waals surface area contributed by atoms with Crippen molar-refractivity contribution in [3.63, 3.8) is 0 Å². The van der Waals surface area contributed by atoms with Gasteiger partial charge in [0.2, 0.25) is 23.6 Å². The zero-order valence-electron chi connectivity index (χ0n) is 34.6. The Balaban J connectivity index is 0.000000218. The van der Waals surface area contributed by atoms with Crippen LogP contribution in [0.2, 0.25) is 0 Å². The fourth-order valence-corrected chi connectivity index (χ4v) is 8.30. The number of ether oxygens (including phenoxy) is 2. The first kappa shape index (κ1) is 43.7. The molecule has 2 N–H and O–H groups in total. The maximum absolute atomic E-state index is 13.4. The van der Waals surface area contributed by atoms with E-state index in [0.29, 0.717) is 38.8 Å². The Bertz CT molecular complexity index is 1720. The van der Waals surface area contributed by atoms with Crippen LogP contribution < -0.4 is 10.6 Å². The average molecular weight is 787 g/mol. The molecule has 4 aliphatic heterocycles. The first-order chi connectivity index (χ1) is 27.0. The SMILES string of the molecule is CC(C)(C)CC(NC(=O)CCc1ccccc1)C(=O)N1CCCC2OCC(=O)C21.CC(C)(C)CC(NC(=O)Cc1ccccc1)C(=O)N1CCCC2OCC(=O)C21. The highest BCUT2D eigenvalue weighted by Crippen LogP contribution is 2.31. The lowest BCUT2D eigenvalue weighted by Gasteiger charge is -2.38. The van der Waals surface area contributed by atoms with Gasteiger partial charge in [-0.25, -0.2) is 0 Å². The highest BCUT2D eigenvalue weighted by atomic mass is 16.5. The van der Waals surface area contributed by atoms with Gasteiger partial charge in [-0.3, -0.25) is 28.8 Å². The minimum Gasteiger partial charge on any atom is -0.368 e. The normalized spacial score (nSPS) is 23.1. The van der Waals surface area contributed by atoms with Gasteiger partial charge in [-0.05, 0) is 66.9 Å². The van der Waals surface area contributed by atoms with E-state index in [4.69, 9.17) is 9.47 Å². The number of fused-ring (bicyclic) bond motifs is 2. The van der Waals surface area contributed by atoms with E-state index in [-0.39, 0.29) is 77.9 Å². The summed E-state index contributed by atoms with van der Waals surface area (Å²) in [4.78, 5) is 79.9. The van der Waals surface area contributed by atoms with Crippen molar-refractivity contribution >= 4 is 35.2 Å². The molecule has 57 heavy (non-hydrogen) atoms. The van der Waals surface area contributed by atoms with Crippen molar-refractivity contribution in [3.05, 3.63) is 71.8 Å². The zero-order chi connectivity index (χ0) is 41.3. The molecule has 0 saturated carbocycles. The molecular weight excluding hydrogens is 725 g/mol. The Morgan fingerprint density at radius 1 is 0.649 bits per heavy atom. The van der Waals surface area contributed by atoms with Gasteiger partial charge in [0.25, 0.3) is 0 Å². The van der Waals surface area contributed by atoms with Gasteiger partial charge in [-0.1, -0.05) is 102 Å². The standard InChI is InChI=1S/C23H32N2O4.C22H30N2O4/c1-23(2,3)14-17(24-20(27)12-11-16-8-5-4-6-9-16)22(28)25-13-7-10-19-21(25)18(26)15-29-19;1-22(2,3)13-16(23-19(26)12-15-8-5-4-6-9-15)21(27)24-11-7-10-18-20(24)17(25)14-28-18/h4-6,8-9,17,19,21H,7,10-15H2,1-3H3,(H,24,27);4-6,8-9,16,18,20H,7,10-14H2,1-3H3,(H,23,26). The predicted molar refractivity (Wildman–Crippen MR) is 216 cm³/mol. The monoisotopic (exact) mass is 786 g/mol.